The van der Waals surface area contributed by atoms with Crippen molar-refractivity contribution < 1.29 is 27.5 Å². The first-order valence-electron chi connectivity index (χ1n) is 5.50. The third-order valence-electron chi connectivity index (χ3n) is 2.33. The standard InChI is InChI=1S/C12H13F4NO2/c13-10-3-1-2-9(6-10)11(19)7-17(4-5-18)8-12(14,15)16/h1-3,6,18H,4-5,7-8H2. The van der Waals surface area contributed by atoms with Crippen LogP contribution in [0.3, 0.4) is 0 Å². The predicted molar refractivity (Wildman–Crippen MR) is 60.3 cm³/mol. The molecule has 1 aromatic carbocycles. The maximum absolute atomic E-state index is 12.9. The molecule has 0 bridgehead atoms. The van der Waals surface area contributed by atoms with Crippen LogP contribution >= 0.6 is 0 Å². The Hall–Kier alpha value is -1.47. The number of rotatable bonds is 6. The molecule has 0 amide bonds. The molecular weight excluding hydrogens is 266 g/mol. The molecule has 19 heavy (non-hydrogen) atoms. The predicted octanol–water partition coefficient (Wildman–Crippen LogP) is 1.86. The molecule has 0 radical (unpaired) electrons. The van der Waals surface area contributed by atoms with Gasteiger partial charge >= 0.3 is 6.18 Å². The lowest BCUT2D eigenvalue weighted by atomic mass is 10.1. The molecule has 0 spiro atoms. The lowest BCUT2D eigenvalue weighted by Gasteiger charge is -2.21. The van der Waals surface area contributed by atoms with Crippen LogP contribution in [-0.4, -0.2) is 48.2 Å². The van der Waals surface area contributed by atoms with Crippen LogP contribution in [0.5, 0.6) is 0 Å². The lowest BCUT2D eigenvalue weighted by Crippen LogP contribution is -2.39. The van der Waals surface area contributed by atoms with Gasteiger partial charge in [-0.05, 0) is 12.1 Å². The fourth-order valence-electron chi connectivity index (χ4n) is 1.57. The average Bonchev–Trinajstić information content (AvgIpc) is 2.27. The number of Topliss-reactive ketones (excluding diaryl/α,β-unsaturated/α-hetero) is 1. The Balaban J connectivity index is 2.71. The third-order valence-corrected chi connectivity index (χ3v) is 2.33. The molecule has 7 heteroatoms. The lowest BCUT2D eigenvalue weighted by molar-refractivity contribution is -0.145. The Kier molecular flexibility index (Phi) is 5.44. The summed E-state index contributed by atoms with van der Waals surface area (Å²) in [7, 11) is 0. The van der Waals surface area contributed by atoms with Crippen LogP contribution in [0.4, 0.5) is 17.6 Å². The van der Waals surface area contributed by atoms with Crippen LogP contribution in [-0.2, 0) is 0 Å². The maximum Gasteiger partial charge on any atom is 0.401 e. The molecule has 0 heterocycles. The number of nitrogens with zero attached hydrogens (tertiary/aromatic N) is 1. The maximum atomic E-state index is 12.9. The van der Waals surface area contributed by atoms with E-state index in [1.165, 1.54) is 12.1 Å². The van der Waals surface area contributed by atoms with Crippen molar-refractivity contribution >= 4 is 5.78 Å². The van der Waals surface area contributed by atoms with Crippen LogP contribution in [0.15, 0.2) is 24.3 Å². The zero-order valence-electron chi connectivity index (χ0n) is 9.95. The molecule has 0 saturated heterocycles. The highest BCUT2D eigenvalue weighted by atomic mass is 19.4. The minimum absolute atomic E-state index is 0.00474. The van der Waals surface area contributed by atoms with Gasteiger partial charge in [-0.15, -0.1) is 0 Å². The average molecular weight is 279 g/mol. The summed E-state index contributed by atoms with van der Waals surface area (Å²) < 4.78 is 49.7. The molecule has 0 aliphatic carbocycles. The number of hydrogen-bond donors (Lipinski definition) is 1. The molecule has 1 rings (SSSR count). The fourth-order valence-corrected chi connectivity index (χ4v) is 1.57. The number of carbonyl (C=O) groups excluding carboxylic acids is 1. The van der Waals surface area contributed by atoms with E-state index in [1.54, 1.807) is 0 Å². The molecule has 106 valence electrons. The van der Waals surface area contributed by atoms with E-state index in [2.05, 4.69) is 0 Å². The van der Waals surface area contributed by atoms with Crippen molar-refractivity contribution in [3.8, 4) is 0 Å². The van der Waals surface area contributed by atoms with E-state index >= 15 is 0 Å². The van der Waals surface area contributed by atoms with Crippen LogP contribution in [0, 0.1) is 5.82 Å². The Morgan fingerprint density at radius 2 is 2.00 bits per heavy atom. The van der Waals surface area contributed by atoms with Gasteiger partial charge in [-0.3, -0.25) is 9.69 Å². The number of benzene rings is 1. The van der Waals surface area contributed by atoms with Crippen molar-refractivity contribution in [3.05, 3.63) is 35.6 Å². The van der Waals surface area contributed by atoms with Crippen molar-refractivity contribution in [3.63, 3.8) is 0 Å². The fraction of sp³-hybridized carbons (Fsp3) is 0.417. The van der Waals surface area contributed by atoms with E-state index in [-0.39, 0.29) is 12.1 Å². The zero-order valence-corrected chi connectivity index (χ0v) is 9.95. The summed E-state index contributed by atoms with van der Waals surface area (Å²) in [6.45, 7) is -2.59. The number of aliphatic hydroxyl groups excluding tert-OH is 1. The Morgan fingerprint density at radius 3 is 2.53 bits per heavy atom. The first-order chi connectivity index (χ1) is 8.81. The zero-order chi connectivity index (χ0) is 14.5. The van der Waals surface area contributed by atoms with Crippen LogP contribution in [0.1, 0.15) is 10.4 Å². The molecule has 0 fully saturated rings. The van der Waals surface area contributed by atoms with E-state index in [1.807, 2.05) is 0 Å². The number of aliphatic hydroxyl groups is 1. The van der Waals surface area contributed by atoms with Crippen molar-refractivity contribution in [2.75, 3.05) is 26.2 Å². The molecule has 0 unspecified atom stereocenters. The summed E-state index contributed by atoms with van der Waals surface area (Å²) in [5.74, 6) is -1.26. The number of ketones is 1. The van der Waals surface area contributed by atoms with Gasteiger partial charge in [-0.1, -0.05) is 12.1 Å². The molecule has 0 aliphatic rings. The van der Waals surface area contributed by atoms with Gasteiger partial charge in [0, 0.05) is 12.1 Å². The quantitative estimate of drug-likeness (QED) is 0.638. The highest BCUT2D eigenvalue weighted by Gasteiger charge is 2.31. The van der Waals surface area contributed by atoms with Crippen molar-refractivity contribution in [2.24, 2.45) is 0 Å². The highest BCUT2D eigenvalue weighted by Crippen LogP contribution is 2.16. The topological polar surface area (TPSA) is 40.5 Å². The van der Waals surface area contributed by atoms with Crippen LogP contribution < -0.4 is 0 Å². The van der Waals surface area contributed by atoms with Crippen molar-refractivity contribution in [1.29, 1.82) is 0 Å². The van der Waals surface area contributed by atoms with E-state index < -0.39 is 37.5 Å². The van der Waals surface area contributed by atoms with Crippen molar-refractivity contribution in [1.82, 2.24) is 4.90 Å². The molecule has 1 aromatic rings. The van der Waals surface area contributed by atoms with Gasteiger partial charge in [-0.2, -0.15) is 13.2 Å². The smallest absolute Gasteiger partial charge is 0.395 e. The summed E-state index contributed by atoms with van der Waals surface area (Å²) in [5.41, 5.74) is 0.00474. The second-order valence-corrected chi connectivity index (χ2v) is 3.98. The molecule has 0 atom stereocenters. The van der Waals surface area contributed by atoms with E-state index in [0.29, 0.717) is 0 Å². The van der Waals surface area contributed by atoms with Gasteiger partial charge in [-0.25, -0.2) is 4.39 Å². The minimum atomic E-state index is -4.46. The summed E-state index contributed by atoms with van der Waals surface area (Å²) >= 11 is 0. The van der Waals surface area contributed by atoms with Gasteiger partial charge < -0.3 is 5.11 Å². The number of alkyl halides is 3. The molecular formula is C12H13F4NO2. The Bertz CT molecular complexity index is 434. The van der Waals surface area contributed by atoms with Crippen molar-refractivity contribution in [2.45, 2.75) is 6.18 Å². The molecule has 0 aromatic heterocycles. The first kappa shape index (κ1) is 15.6. The molecule has 0 saturated carbocycles. The SMILES string of the molecule is O=C(CN(CCO)CC(F)(F)F)c1cccc(F)c1. The first-order valence-corrected chi connectivity index (χ1v) is 5.50. The summed E-state index contributed by atoms with van der Waals surface area (Å²) in [6.07, 6.45) is -4.46. The highest BCUT2D eigenvalue weighted by molar-refractivity contribution is 5.97. The van der Waals surface area contributed by atoms with E-state index in [4.69, 9.17) is 5.11 Å². The third kappa shape index (κ3) is 5.80. The number of halogens is 4. The second kappa shape index (κ2) is 6.63. The second-order valence-electron chi connectivity index (χ2n) is 3.98. The number of carbonyl (C=O) groups is 1. The minimum Gasteiger partial charge on any atom is -0.395 e. The van der Waals surface area contributed by atoms with Crippen LogP contribution in [0.25, 0.3) is 0 Å². The van der Waals surface area contributed by atoms with Gasteiger partial charge in [0.1, 0.15) is 5.82 Å². The summed E-state index contributed by atoms with van der Waals surface area (Å²) in [5, 5.41) is 8.68. The van der Waals surface area contributed by atoms with Gasteiger partial charge in [0.15, 0.2) is 5.78 Å². The Morgan fingerprint density at radius 1 is 1.32 bits per heavy atom. The number of hydrogen-bond acceptors (Lipinski definition) is 3. The summed E-state index contributed by atoms with van der Waals surface area (Å²) in [6, 6.07) is 4.74. The largest absolute Gasteiger partial charge is 0.401 e. The van der Waals surface area contributed by atoms with Crippen LogP contribution in [0.2, 0.25) is 0 Å². The molecule has 1 N–H and O–H groups in total. The van der Waals surface area contributed by atoms with Gasteiger partial charge in [0.2, 0.25) is 0 Å². The normalized spacial score (nSPS) is 11.9. The summed E-state index contributed by atoms with van der Waals surface area (Å²) in [4.78, 5) is 12.5. The van der Waals surface area contributed by atoms with Gasteiger partial charge in [0.05, 0.1) is 19.7 Å². The molecule has 0 aliphatic heterocycles. The van der Waals surface area contributed by atoms with E-state index in [9.17, 15) is 22.4 Å². The molecule has 3 nitrogen and oxygen atoms in total. The Labute approximate surface area is 107 Å². The van der Waals surface area contributed by atoms with Gasteiger partial charge in [0.25, 0.3) is 0 Å². The van der Waals surface area contributed by atoms with E-state index in [0.717, 1.165) is 17.0 Å². The monoisotopic (exact) mass is 279 g/mol.